The first-order valence-corrected chi connectivity index (χ1v) is 11.6. The van der Waals surface area contributed by atoms with Gasteiger partial charge in [0.1, 0.15) is 0 Å². The topological polar surface area (TPSA) is 24.1 Å². The standard InChI is InChI=1S/C27H42N2/c1-5-6-22-29-26(28-4)27(23(2)3,25-19-13-8-14-20-25)21-15-9-12-18-24-16-10-7-11-17-24/h7-8,10-11,13-14,16-17,19-20,23,26,28-29H,5-6,9,12,15,18,21-22H2,1-4H3. The normalized spacial score (nSPS) is 14.7. The highest BCUT2D eigenvalue weighted by atomic mass is 15.1. The molecule has 2 atom stereocenters. The van der Waals surface area contributed by atoms with Gasteiger partial charge in [-0.05, 0) is 56.3 Å². The molecule has 2 rings (SSSR count). The Morgan fingerprint density at radius 3 is 2.07 bits per heavy atom. The second kappa shape index (κ2) is 12.8. The van der Waals surface area contributed by atoms with Crippen molar-refractivity contribution in [1.82, 2.24) is 10.6 Å². The van der Waals surface area contributed by atoms with Crippen molar-refractivity contribution in [2.75, 3.05) is 13.6 Å². The van der Waals surface area contributed by atoms with Crippen molar-refractivity contribution >= 4 is 0 Å². The molecule has 160 valence electrons. The summed E-state index contributed by atoms with van der Waals surface area (Å²) in [5.41, 5.74) is 3.01. The van der Waals surface area contributed by atoms with Crippen molar-refractivity contribution in [1.29, 1.82) is 0 Å². The third-order valence-corrected chi connectivity index (χ3v) is 6.42. The minimum Gasteiger partial charge on any atom is -0.304 e. The summed E-state index contributed by atoms with van der Waals surface area (Å²) in [6.07, 6.45) is 8.92. The van der Waals surface area contributed by atoms with Crippen LogP contribution in [0.4, 0.5) is 0 Å². The number of likely N-dealkylation sites (N-methyl/N-ethyl adjacent to an activating group) is 1. The van der Waals surface area contributed by atoms with Gasteiger partial charge in [-0.1, -0.05) is 101 Å². The van der Waals surface area contributed by atoms with E-state index in [1.165, 1.54) is 56.1 Å². The fourth-order valence-corrected chi connectivity index (χ4v) is 4.69. The highest BCUT2D eigenvalue weighted by Crippen LogP contribution is 2.40. The Morgan fingerprint density at radius 2 is 1.48 bits per heavy atom. The molecule has 0 aliphatic rings. The molecule has 2 aromatic rings. The number of rotatable bonds is 14. The Kier molecular flexibility index (Phi) is 10.5. The molecule has 0 spiro atoms. The number of aryl methyl sites for hydroxylation is 1. The highest BCUT2D eigenvalue weighted by molar-refractivity contribution is 5.29. The lowest BCUT2D eigenvalue weighted by Crippen LogP contribution is -2.58. The maximum atomic E-state index is 3.85. The minimum absolute atomic E-state index is 0.0937. The lowest BCUT2D eigenvalue weighted by atomic mass is 9.66. The zero-order chi connectivity index (χ0) is 21.0. The quantitative estimate of drug-likeness (QED) is 0.289. The molecule has 0 heterocycles. The van der Waals surface area contributed by atoms with Crippen LogP contribution < -0.4 is 10.6 Å². The average molecular weight is 395 g/mol. The van der Waals surface area contributed by atoms with Crippen LogP contribution in [0.15, 0.2) is 60.7 Å². The summed E-state index contributed by atoms with van der Waals surface area (Å²) in [5.74, 6) is 0.547. The summed E-state index contributed by atoms with van der Waals surface area (Å²) in [6, 6.07) is 22.1. The maximum Gasteiger partial charge on any atom is 0.0671 e. The van der Waals surface area contributed by atoms with Gasteiger partial charge in [0.2, 0.25) is 0 Å². The van der Waals surface area contributed by atoms with Crippen molar-refractivity contribution in [2.45, 2.75) is 77.3 Å². The lowest BCUT2D eigenvalue weighted by Gasteiger charge is -2.45. The minimum atomic E-state index is 0.0937. The Morgan fingerprint density at radius 1 is 0.828 bits per heavy atom. The Labute approximate surface area is 179 Å². The molecule has 2 aromatic carbocycles. The molecule has 2 N–H and O–H groups in total. The summed E-state index contributed by atoms with van der Waals surface area (Å²) >= 11 is 0. The van der Waals surface area contributed by atoms with Gasteiger partial charge in [0.05, 0.1) is 6.17 Å². The van der Waals surface area contributed by atoms with E-state index >= 15 is 0 Å². The fraction of sp³-hybridized carbons (Fsp3) is 0.556. The predicted octanol–water partition coefficient (Wildman–Crippen LogP) is 6.32. The zero-order valence-corrected chi connectivity index (χ0v) is 19.1. The number of hydrogen-bond acceptors (Lipinski definition) is 2. The van der Waals surface area contributed by atoms with Gasteiger partial charge in [0, 0.05) is 5.41 Å². The third-order valence-electron chi connectivity index (χ3n) is 6.42. The van der Waals surface area contributed by atoms with Crippen LogP contribution >= 0.6 is 0 Å². The van der Waals surface area contributed by atoms with Gasteiger partial charge in [-0.2, -0.15) is 0 Å². The largest absolute Gasteiger partial charge is 0.304 e. The van der Waals surface area contributed by atoms with Crippen molar-refractivity contribution in [2.24, 2.45) is 5.92 Å². The molecule has 29 heavy (non-hydrogen) atoms. The highest BCUT2D eigenvalue weighted by Gasteiger charge is 2.41. The molecule has 2 nitrogen and oxygen atoms in total. The summed E-state index contributed by atoms with van der Waals surface area (Å²) < 4.78 is 0. The van der Waals surface area contributed by atoms with Gasteiger partial charge in [-0.25, -0.2) is 0 Å². The number of nitrogens with one attached hydrogen (secondary N) is 2. The maximum absolute atomic E-state index is 3.85. The fourth-order valence-electron chi connectivity index (χ4n) is 4.69. The zero-order valence-electron chi connectivity index (χ0n) is 19.1. The number of benzene rings is 2. The van der Waals surface area contributed by atoms with Gasteiger partial charge in [-0.15, -0.1) is 0 Å². The first-order chi connectivity index (χ1) is 14.1. The Bertz CT molecular complexity index is 653. The SMILES string of the molecule is CCCCNC(NC)C(CCCCCc1ccccc1)(c1ccccc1)C(C)C. The Hall–Kier alpha value is -1.64. The van der Waals surface area contributed by atoms with Gasteiger partial charge in [-0.3, -0.25) is 0 Å². The molecular weight excluding hydrogens is 352 g/mol. The molecule has 0 saturated heterocycles. The van der Waals surface area contributed by atoms with E-state index in [1.54, 1.807) is 0 Å². The van der Waals surface area contributed by atoms with Gasteiger partial charge in [0.25, 0.3) is 0 Å². The van der Waals surface area contributed by atoms with Crippen LogP contribution in [0.5, 0.6) is 0 Å². The van der Waals surface area contributed by atoms with E-state index in [9.17, 15) is 0 Å². The van der Waals surface area contributed by atoms with Crippen LogP contribution in [-0.4, -0.2) is 19.8 Å². The van der Waals surface area contributed by atoms with Crippen molar-refractivity contribution in [3.05, 3.63) is 71.8 Å². The van der Waals surface area contributed by atoms with E-state index in [-0.39, 0.29) is 11.6 Å². The van der Waals surface area contributed by atoms with Crippen LogP contribution in [0.2, 0.25) is 0 Å². The monoisotopic (exact) mass is 394 g/mol. The second-order valence-corrected chi connectivity index (χ2v) is 8.64. The van der Waals surface area contributed by atoms with Crippen molar-refractivity contribution < 1.29 is 0 Å². The molecule has 0 aromatic heterocycles. The number of unbranched alkanes of at least 4 members (excludes halogenated alkanes) is 3. The van der Waals surface area contributed by atoms with E-state index in [1.807, 2.05) is 0 Å². The molecule has 0 radical (unpaired) electrons. The Balaban J connectivity index is 2.10. The number of hydrogen-bond donors (Lipinski definition) is 2. The summed E-state index contributed by atoms with van der Waals surface area (Å²) in [7, 11) is 2.11. The van der Waals surface area contributed by atoms with Gasteiger partial charge >= 0.3 is 0 Å². The first-order valence-electron chi connectivity index (χ1n) is 11.6. The summed E-state index contributed by atoms with van der Waals surface area (Å²) in [5, 5.41) is 7.48. The first kappa shape index (κ1) is 23.6. The summed E-state index contributed by atoms with van der Waals surface area (Å²) in [6.45, 7) is 8.11. The van der Waals surface area contributed by atoms with E-state index in [2.05, 4.69) is 99.1 Å². The second-order valence-electron chi connectivity index (χ2n) is 8.64. The van der Waals surface area contributed by atoms with Crippen LogP contribution in [0.3, 0.4) is 0 Å². The van der Waals surface area contributed by atoms with Crippen LogP contribution in [0.1, 0.15) is 70.4 Å². The molecule has 0 aliphatic carbocycles. The molecule has 0 aliphatic heterocycles. The molecule has 0 bridgehead atoms. The van der Waals surface area contributed by atoms with E-state index in [4.69, 9.17) is 0 Å². The smallest absolute Gasteiger partial charge is 0.0671 e. The molecule has 0 fully saturated rings. The molecule has 0 amide bonds. The van der Waals surface area contributed by atoms with Crippen molar-refractivity contribution in [3.63, 3.8) is 0 Å². The van der Waals surface area contributed by atoms with E-state index < -0.39 is 0 Å². The molecular formula is C27H42N2. The summed E-state index contributed by atoms with van der Waals surface area (Å²) in [4.78, 5) is 0. The average Bonchev–Trinajstić information content (AvgIpc) is 2.75. The predicted molar refractivity (Wildman–Crippen MR) is 127 cm³/mol. The molecule has 2 heteroatoms. The van der Waals surface area contributed by atoms with Crippen LogP contribution in [-0.2, 0) is 11.8 Å². The van der Waals surface area contributed by atoms with Crippen LogP contribution in [0, 0.1) is 5.92 Å². The molecule has 0 saturated carbocycles. The van der Waals surface area contributed by atoms with E-state index in [0.29, 0.717) is 5.92 Å². The lowest BCUT2D eigenvalue weighted by molar-refractivity contribution is 0.172. The van der Waals surface area contributed by atoms with Gasteiger partial charge in [0.15, 0.2) is 0 Å². The molecule has 2 unspecified atom stereocenters. The van der Waals surface area contributed by atoms with E-state index in [0.717, 1.165) is 6.54 Å². The third kappa shape index (κ3) is 6.69. The van der Waals surface area contributed by atoms with Crippen molar-refractivity contribution in [3.8, 4) is 0 Å². The van der Waals surface area contributed by atoms with Crippen LogP contribution in [0.25, 0.3) is 0 Å². The van der Waals surface area contributed by atoms with Gasteiger partial charge < -0.3 is 10.6 Å².